The van der Waals surface area contributed by atoms with Crippen molar-refractivity contribution in [3.05, 3.63) is 62.7 Å². The number of hydrogen-bond acceptors (Lipinski definition) is 5. The normalized spacial score (nSPS) is 10.6. The van der Waals surface area contributed by atoms with Crippen LogP contribution < -0.4 is 10.9 Å². The molecule has 0 saturated heterocycles. The van der Waals surface area contributed by atoms with Gasteiger partial charge in [-0.05, 0) is 23.9 Å². The van der Waals surface area contributed by atoms with Gasteiger partial charge in [0.2, 0.25) is 5.56 Å². The van der Waals surface area contributed by atoms with Crippen LogP contribution in [0.4, 0.5) is 0 Å². The standard InChI is InChI=1S/C16H15N3O2S2/c20-14-4-1-2-7-19(14)8-3-6-17-15(21)13-10-18-16(23-13)12-5-9-22-11-12/h1-2,4-5,7,9-11H,3,6,8H2,(H,17,21). The van der Waals surface area contributed by atoms with Crippen molar-refractivity contribution in [1.82, 2.24) is 14.9 Å². The number of nitrogens with zero attached hydrogens (tertiary/aromatic N) is 2. The van der Waals surface area contributed by atoms with E-state index in [1.54, 1.807) is 34.4 Å². The summed E-state index contributed by atoms with van der Waals surface area (Å²) in [6.45, 7) is 1.11. The molecule has 0 fully saturated rings. The highest BCUT2D eigenvalue weighted by atomic mass is 32.1. The Kier molecular flexibility index (Phi) is 4.99. The van der Waals surface area contributed by atoms with Crippen LogP contribution in [0.15, 0.2) is 52.2 Å². The molecule has 3 aromatic rings. The summed E-state index contributed by atoms with van der Waals surface area (Å²) in [7, 11) is 0. The monoisotopic (exact) mass is 345 g/mol. The Hall–Kier alpha value is -2.25. The number of carbonyl (C=O) groups excluding carboxylic acids is 1. The van der Waals surface area contributed by atoms with Crippen molar-refractivity contribution in [2.24, 2.45) is 0 Å². The summed E-state index contributed by atoms with van der Waals surface area (Å²) >= 11 is 2.99. The lowest BCUT2D eigenvalue weighted by molar-refractivity contribution is 0.0956. The summed E-state index contributed by atoms with van der Waals surface area (Å²) in [5.41, 5.74) is 1.02. The zero-order valence-corrected chi connectivity index (χ0v) is 13.9. The predicted octanol–water partition coefficient (Wildman–Crippen LogP) is 2.85. The number of rotatable bonds is 6. The third-order valence-electron chi connectivity index (χ3n) is 3.26. The summed E-state index contributed by atoms with van der Waals surface area (Å²) in [4.78, 5) is 28.5. The first-order valence-electron chi connectivity index (χ1n) is 7.16. The van der Waals surface area contributed by atoms with Crippen molar-refractivity contribution >= 4 is 28.6 Å². The zero-order chi connectivity index (χ0) is 16.1. The Morgan fingerprint density at radius 1 is 1.30 bits per heavy atom. The maximum Gasteiger partial charge on any atom is 0.263 e. The molecule has 7 heteroatoms. The fraction of sp³-hybridized carbons (Fsp3) is 0.188. The first kappa shape index (κ1) is 15.6. The molecule has 0 saturated carbocycles. The Morgan fingerprint density at radius 2 is 2.22 bits per heavy atom. The van der Waals surface area contributed by atoms with E-state index in [1.165, 1.54) is 17.4 Å². The van der Waals surface area contributed by atoms with Crippen molar-refractivity contribution in [3.8, 4) is 10.6 Å². The van der Waals surface area contributed by atoms with Gasteiger partial charge in [0, 0.05) is 36.3 Å². The van der Waals surface area contributed by atoms with E-state index in [0.717, 1.165) is 10.6 Å². The third-order valence-corrected chi connectivity index (χ3v) is 4.99. The third kappa shape index (κ3) is 3.94. The molecule has 0 aromatic carbocycles. The summed E-state index contributed by atoms with van der Waals surface area (Å²) in [6, 6.07) is 7.06. The highest BCUT2D eigenvalue weighted by Gasteiger charge is 2.11. The van der Waals surface area contributed by atoms with Gasteiger partial charge in [0.05, 0.1) is 6.20 Å². The quantitative estimate of drug-likeness (QED) is 0.699. The lowest BCUT2D eigenvalue weighted by atomic mass is 10.3. The molecule has 0 unspecified atom stereocenters. The van der Waals surface area contributed by atoms with Crippen LogP contribution in [0.3, 0.4) is 0 Å². The first-order chi connectivity index (χ1) is 11.2. The van der Waals surface area contributed by atoms with Crippen molar-refractivity contribution in [3.63, 3.8) is 0 Å². The Morgan fingerprint density at radius 3 is 3.00 bits per heavy atom. The second kappa shape index (κ2) is 7.34. The van der Waals surface area contributed by atoms with E-state index in [2.05, 4.69) is 10.3 Å². The summed E-state index contributed by atoms with van der Waals surface area (Å²) in [5, 5.41) is 7.72. The Labute approximate surface area is 141 Å². The highest BCUT2D eigenvalue weighted by Crippen LogP contribution is 2.26. The van der Waals surface area contributed by atoms with E-state index < -0.39 is 0 Å². The predicted molar refractivity (Wildman–Crippen MR) is 93.1 cm³/mol. The first-order valence-corrected chi connectivity index (χ1v) is 8.92. The molecule has 0 radical (unpaired) electrons. The minimum Gasteiger partial charge on any atom is -0.351 e. The zero-order valence-electron chi connectivity index (χ0n) is 12.3. The molecule has 0 bridgehead atoms. The summed E-state index contributed by atoms with van der Waals surface area (Å²) in [5.74, 6) is -0.121. The van der Waals surface area contributed by atoms with Crippen LogP contribution in [0.1, 0.15) is 16.1 Å². The smallest absolute Gasteiger partial charge is 0.263 e. The van der Waals surface area contributed by atoms with E-state index >= 15 is 0 Å². The highest BCUT2D eigenvalue weighted by molar-refractivity contribution is 7.17. The van der Waals surface area contributed by atoms with Gasteiger partial charge in [0.15, 0.2) is 0 Å². The van der Waals surface area contributed by atoms with Crippen LogP contribution in [0, 0.1) is 0 Å². The Balaban J connectivity index is 1.50. The molecule has 0 spiro atoms. The van der Waals surface area contributed by atoms with Gasteiger partial charge in [0.1, 0.15) is 9.88 Å². The van der Waals surface area contributed by atoms with Crippen LogP contribution in [-0.2, 0) is 6.54 Å². The molecular weight excluding hydrogens is 330 g/mol. The maximum atomic E-state index is 12.1. The lowest BCUT2D eigenvalue weighted by Gasteiger charge is -2.05. The van der Waals surface area contributed by atoms with Gasteiger partial charge in [-0.2, -0.15) is 11.3 Å². The van der Waals surface area contributed by atoms with Crippen LogP contribution in [0.25, 0.3) is 10.6 Å². The van der Waals surface area contributed by atoms with Gasteiger partial charge in [-0.15, -0.1) is 11.3 Å². The van der Waals surface area contributed by atoms with Gasteiger partial charge >= 0.3 is 0 Å². The van der Waals surface area contributed by atoms with E-state index in [9.17, 15) is 9.59 Å². The molecule has 3 aromatic heterocycles. The number of hydrogen-bond donors (Lipinski definition) is 1. The van der Waals surface area contributed by atoms with Crippen molar-refractivity contribution in [2.75, 3.05) is 6.54 Å². The second-order valence-corrected chi connectivity index (χ2v) is 6.69. The average Bonchev–Trinajstić information content (AvgIpc) is 3.23. The fourth-order valence-electron chi connectivity index (χ4n) is 2.08. The van der Waals surface area contributed by atoms with Crippen molar-refractivity contribution in [1.29, 1.82) is 0 Å². The molecule has 0 aliphatic carbocycles. The summed E-state index contributed by atoms with van der Waals surface area (Å²) in [6.07, 6.45) is 4.06. The summed E-state index contributed by atoms with van der Waals surface area (Å²) < 4.78 is 1.63. The molecule has 23 heavy (non-hydrogen) atoms. The molecule has 5 nitrogen and oxygen atoms in total. The average molecular weight is 345 g/mol. The van der Waals surface area contributed by atoms with Crippen LogP contribution in [0.5, 0.6) is 0 Å². The molecule has 3 rings (SSSR count). The van der Waals surface area contributed by atoms with Crippen LogP contribution >= 0.6 is 22.7 Å². The van der Waals surface area contributed by atoms with Gasteiger partial charge < -0.3 is 9.88 Å². The molecule has 1 N–H and O–H groups in total. The van der Waals surface area contributed by atoms with Crippen molar-refractivity contribution in [2.45, 2.75) is 13.0 Å². The van der Waals surface area contributed by atoms with Gasteiger partial charge in [-0.3, -0.25) is 9.59 Å². The molecule has 0 aliphatic heterocycles. The number of thiophene rings is 1. The number of carbonyl (C=O) groups is 1. The molecule has 1 amide bonds. The van der Waals surface area contributed by atoms with Gasteiger partial charge in [-0.25, -0.2) is 4.98 Å². The SMILES string of the molecule is O=C(NCCCn1ccccc1=O)c1cnc(-c2ccsc2)s1. The lowest BCUT2D eigenvalue weighted by Crippen LogP contribution is -2.26. The number of amides is 1. The van der Waals surface area contributed by atoms with Crippen LogP contribution in [0.2, 0.25) is 0 Å². The molecule has 118 valence electrons. The fourth-order valence-corrected chi connectivity index (χ4v) is 3.63. The van der Waals surface area contributed by atoms with Crippen LogP contribution in [-0.4, -0.2) is 22.0 Å². The minimum atomic E-state index is -0.121. The number of aromatic nitrogens is 2. The molecule has 0 aliphatic rings. The van der Waals surface area contributed by atoms with E-state index in [1.807, 2.05) is 22.9 Å². The maximum absolute atomic E-state index is 12.1. The van der Waals surface area contributed by atoms with E-state index in [0.29, 0.717) is 24.4 Å². The topological polar surface area (TPSA) is 64.0 Å². The Bertz CT molecular complexity index is 837. The number of thiazole rings is 1. The molecular formula is C16H15N3O2S2. The van der Waals surface area contributed by atoms with Crippen molar-refractivity contribution < 1.29 is 4.79 Å². The van der Waals surface area contributed by atoms with Gasteiger partial charge in [0.25, 0.3) is 5.91 Å². The largest absolute Gasteiger partial charge is 0.351 e. The molecule has 3 heterocycles. The van der Waals surface area contributed by atoms with Gasteiger partial charge in [-0.1, -0.05) is 6.07 Å². The molecule has 0 atom stereocenters. The number of aryl methyl sites for hydroxylation is 1. The van der Waals surface area contributed by atoms with E-state index in [-0.39, 0.29) is 11.5 Å². The number of nitrogens with one attached hydrogen (secondary N) is 1. The second-order valence-electron chi connectivity index (χ2n) is 4.88. The van der Waals surface area contributed by atoms with E-state index in [4.69, 9.17) is 0 Å². The minimum absolute atomic E-state index is 0.0262. The number of pyridine rings is 1.